The molecule has 0 spiro atoms. The number of aromatic nitrogens is 2. The molecule has 0 bridgehead atoms. The van der Waals surface area contributed by atoms with Gasteiger partial charge in [-0.15, -0.1) is 0 Å². The van der Waals surface area contributed by atoms with Crippen LogP contribution in [0.4, 0.5) is 0 Å². The van der Waals surface area contributed by atoms with Crippen molar-refractivity contribution in [1.82, 2.24) is 9.78 Å². The first-order valence-electron chi connectivity index (χ1n) is 5.32. The lowest BCUT2D eigenvalue weighted by Crippen LogP contribution is -2.23. The predicted octanol–water partition coefficient (Wildman–Crippen LogP) is 1.52. The van der Waals surface area contributed by atoms with Gasteiger partial charge in [0.15, 0.2) is 5.75 Å². The average Bonchev–Trinajstić information content (AvgIpc) is 2.70. The Hall–Kier alpha value is -1.36. The molecule has 0 aromatic carbocycles. The summed E-state index contributed by atoms with van der Waals surface area (Å²) in [5.41, 5.74) is 0.485. The molecule has 1 aromatic rings. The van der Waals surface area contributed by atoms with E-state index in [-0.39, 0.29) is 5.78 Å². The first kappa shape index (κ1) is 12.7. The maximum absolute atomic E-state index is 12.0. The van der Waals surface area contributed by atoms with Gasteiger partial charge in [-0.1, -0.05) is 6.92 Å². The highest BCUT2D eigenvalue weighted by atomic mass is 16.5. The summed E-state index contributed by atoms with van der Waals surface area (Å²) in [6.45, 7) is 4.44. The van der Waals surface area contributed by atoms with E-state index in [2.05, 4.69) is 5.10 Å². The van der Waals surface area contributed by atoms with Gasteiger partial charge in [0.25, 0.3) is 0 Å². The molecular weight excluding hydrogens is 208 g/mol. The molecule has 0 amide bonds. The normalized spacial score (nSPS) is 12.5. The Morgan fingerprint density at radius 2 is 2.25 bits per heavy atom. The molecule has 0 N–H and O–H groups in total. The van der Waals surface area contributed by atoms with Gasteiger partial charge in [-0.25, -0.2) is 0 Å². The molecule has 1 heterocycles. The third-order valence-corrected chi connectivity index (χ3v) is 2.42. The van der Waals surface area contributed by atoms with Gasteiger partial charge in [-0.3, -0.25) is 9.48 Å². The van der Waals surface area contributed by atoms with Crippen molar-refractivity contribution in [2.75, 3.05) is 14.2 Å². The largest absolute Gasteiger partial charge is 0.493 e. The van der Waals surface area contributed by atoms with Crippen LogP contribution in [0, 0.1) is 0 Å². The molecule has 0 saturated carbocycles. The summed E-state index contributed by atoms with van der Waals surface area (Å²) in [4.78, 5) is 12.0. The van der Waals surface area contributed by atoms with E-state index in [1.54, 1.807) is 17.8 Å². The van der Waals surface area contributed by atoms with Crippen molar-refractivity contribution in [2.45, 2.75) is 32.9 Å². The second kappa shape index (κ2) is 5.65. The first-order chi connectivity index (χ1) is 7.65. The fourth-order valence-electron chi connectivity index (χ4n) is 1.45. The lowest BCUT2D eigenvalue weighted by Gasteiger charge is -2.11. The predicted molar refractivity (Wildman–Crippen MR) is 59.9 cm³/mol. The molecule has 5 nitrogen and oxygen atoms in total. The second-order valence-corrected chi connectivity index (χ2v) is 3.53. The minimum absolute atomic E-state index is 0.106. The van der Waals surface area contributed by atoms with Crippen molar-refractivity contribution in [1.29, 1.82) is 0 Å². The molecule has 16 heavy (non-hydrogen) atoms. The summed E-state index contributed by atoms with van der Waals surface area (Å²) in [6, 6.07) is 0. The van der Waals surface area contributed by atoms with Crippen LogP contribution in [-0.2, 0) is 11.3 Å². The van der Waals surface area contributed by atoms with E-state index in [0.29, 0.717) is 18.0 Å². The van der Waals surface area contributed by atoms with Crippen LogP contribution in [0.5, 0.6) is 5.75 Å². The third-order valence-electron chi connectivity index (χ3n) is 2.42. The van der Waals surface area contributed by atoms with E-state index in [9.17, 15) is 4.79 Å². The Labute approximate surface area is 95.3 Å². The molecule has 0 aliphatic carbocycles. The Morgan fingerprint density at radius 1 is 1.56 bits per heavy atom. The number of rotatable bonds is 6. The number of carbonyl (C=O) groups is 1. The van der Waals surface area contributed by atoms with E-state index in [0.717, 1.165) is 6.42 Å². The number of carbonyl (C=O) groups excluding carboxylic acids is 1. The molecule has 1 unspecified atom stereocenters. The van der Waals surface area contributed by atoms with Crippen LogP contribution in [0.25, 0.3) is 0 Å². The number of ketones is 1. The van der Waals surface area contributed by atoms with Gasteiger partial charge in [0, 0.05) is 13.7 Å². The zero-order valence-corrected chi connectivity index (χ0v) is 10.2. The van der Waals surface area contributed by atoms with Gasteiger partial charge in [0.2, 0.25) is 5.78 Å². The summed E-state index contributed by atoms with van der Waals surface area (Å²) < 4.78 is 11.8. The molecule has 5 heteroatoms. The fraction of sp³-hybridized carbons (Fsp3) is 0.636. The fourth-order valence-corrected chi connectivity index (χ4v) is 1.45. The molecule has 1 atom stereocenters. The van der Waals surface area contributed by atoms with E-state index in [1.807, 2.05) is 6.92 Å². The van der Waals surface area contributed by atoms with Crippen molar-refractivity contribution in [3.63, 3.8) is 0 Å². The highest BCUT2D eigenvalue weighted by Crippen LogP contribution is 2.20. The number of hydrogen-bond donors (Lipinski definition) is 0. The van der Waals surface area contributed by atoms with Gasteiger partial charge in [-0.2, -0.15) is 5.10 Å². The number of aryl methyl sites for hydroxylation is 1. The van der Waals surface area contributed by atoms with Crippen LogP contribution >= 0.6 is 0 Å². The number of hydrogen-bond acceptors (Lipinski definition) is 4. The number of Topliss-reactive ketones (excluding diaryl/α,β-unsaturated/α-hetero) is 1. The van der Waals surface area contributed by atoms with Gasteiger partial charge < -0.3 is 9.47 Å². The summed E-state index contributed by atoms with van der Waals surface area (Å²) in [5.74, 6) is 0.396. The second-order valence-electron chi connectivity index (χ2n) is 3.53. The summed E-state index contributed by atoms with van der Waals surface area (Å²) in [7, 11) is 3.04. The van der Waals surface area contributed by atoms with Gasteiger partial charge in [0.1, 0.15) is 11.8 Å². The Kier molecular flexibility index (Phi) is 4.49. The van der Waals surface area contributed by atoms with Crippen molar-refractivity contribution < 1.29 is 14.3 Å². The summed E-state index contributed by atoms with van der Waals surface area (Å²) in [6.07, 6.45) is 1.98. The SMILES string of the molecule is CCCn1ncc(OC)c1C(=O)C(C)OC. The maximum atomic E-state index is 12.0. The minimum Gasteiger partial charge on any atom is -0.493 e. The van der Waals surface area contributed by atoms with Gasteiger partial charge >= 0.3 is 0 Å². The summed E-state index contributed by atoms with van der Waals surface area (Å²) >= 11 is 0. The van der Waals surface area contributed by atoms with Crippen molar-refractivity contribution in [3.05, 3.63) is 11.9 Å². The number of ether oxygens (including phenoxy) is 2. The van der Waals surface area contributed by atoms with E-state index >= 15 is 0 Å². The smallest absolute Gasteiger partial charge is 0.213 e. The maximum Gasteiger partial charge on any atom is 0.213 e. The van der Waals surface area contributed by atoms with Crippen LogP contribution in [-0.4, -0.2) is 35.9 Å². The Balaban J connectivity index is 3.07. The van der Waals surface area contributed by atoms with Crippen LogP contribution < -0.4 is 4.74 Å². The average molecular weight is 226 g/mol. The molecular formula is C11H18N2O3. The number of nitrogens with zero attached hydrogens (tertiary/aromatic N) is 2. The molecule has 0 radical (unpaired) electrons. The Bertz CT molecular complexity index is 360. The van der Waals surface area contributed by atoms with E-state index in [4.69, 9.17) is 9.47 Å². The van der Waals surface area contributed by atoms with E-state index in [1.165, 1.54) is 14.2 Å². The number of methoxy groups -OCH3 is 2. The van der Waals surface area contributed by atoms with Crippen molar-refractivity contribution in [2.24, 2.45) is 0 Å². The quantitative estimate of drug-likeness (QED) is 0.690. The lowest BCUT2D eigenvalue weighted by atomic mass is 10.2. The monoisotopic (exact) mass is 226 g/mol. The van der Waals surface area contributed by atoms with Gasteiger partial charge in [-0.05, 0) is 13.3 Å². The van der Waals surface area contributed by atoms with Crippen LogP contribution in [0.3, 0.4) is 0 Å². The zero-order chi connectivity index (χ0) is 12.1. The molecule has 1 rings (SSSR count). The highest BCUT2D eigenvalue weighted by Gasteiger charge is 2.23. The molecule has 0 aliphatic heterocycles. The third kappa shape index (κ3) is 2.41. The molecule has 0 fully saturated rings. The van der Waals surface area contributed by atoms with Crippen LogP contribution in [0.1, 0.15) is 30.8 Å². The van der Waals surface area contributed by atoms with Gasteiger partial charge in [0.05, 0.1) is 13.3 Å². The Morgan fingerprint density at radius 3 is 2.75 bits per heavy atom. The highest BCUT2D eigenvalue weighted by molar-refractivity contribution is 6.00. The molecule has 90 valence electrons. The zero-order valence-electron chi connectivity index (χ0n) is 10.2. The topological polar surface area (TPSA) is 53.4 Å². The molecule has 1 aromatic heterocycles. The van der Waals surface area contributed by atoms with Crippen LogP contribution in [0.2, 0.25) is 0 Å². The van der Waals surface area contributed by atoms with Crippen molar-refractivity contribution >= 4 is 5.78 Å². The minimum atomic E-state index is -0.485. The summed E-state index contributed by atoms with van der Waals surface area (Å²) in [5, 5.41) is 4.13. The standard InChI is InChI=1S/C11H18N2O3/c1-5-6-13-10(9(16-4)7-12-13)11(14)8(2)15-3/h7-8H,5-6H2,1-4H3. The first-order valence-corrected chi connectivity index (χ1v) is 5.32. The van der Waals surface area contributed by atoms with E-state index < -0.39 is 6.10 Å². The van der Waals surface area contributed by atoms with Crippen LogP contribution in [0.15, 0.2) is 6.20 Å². The van der Waals surface area contributed by atoms with Crippen molar-refractivity contribution in [3.8, 4) is 5.75 Å². The molecule has 0 aliphatic rings. The molecule has 0 saturated heterocycles. The lowest BCUT2D eigenvalue weighted by molar-refractivity contribution is 0.0641.